The summed E-state index contributed by atoms with van der Waals surface area (Å²) in [7, 11) is 0. The molecule has 98 valence electrons. The molecule has 5 heteroatoms. The van der Waals surface area contributed by atoms with Crippen LogP contribution in [0.5, 0.6) is 0 Å². The molecule has 0 aliphatic carbocycles. The van der Waals surface area contributed by atoms with E-state index in [9.17, 15) is 9.59 Å². The van der Waals surface area contributed by atoms with Gasteiger partial charge in [-0.2, -0.15) is 0 Å². The van der Waals surface area contributed by atoms with E-state index < -0.39 is 0 Å². The van der Waals surface area contributed by atoms with E-state index in [1.165, 1.54) is 0 Å². The number of amides is 2. The maximum Gasteiger partial charge on any atom is 0.238 e. The van der Waals surface area contributed by atoms with E-state index in [-0.39, 0.29) is 11.8 Å². The Morgan fingerprint density at radius 1 is 1.22 bits per heavy atom. The van der Waals surface area contributed by atoms with Gasteiger partial charge in [0.05, 0.1) is 0 Å². The van der Waals surface area contributed by atoms with E-state index in [4.69, 9.17) is 0 Å². The number of hydrazine groups is 1. The van der Waals surface area contributed by atoms with E-state index in [1.807, 2.05) is 19.1 Å². The second-order valence-electron chi connectivity index (χ2n) is 4.06. The van der Waals surface area contributed by atoms with Crippen LogP contribution in [0.25, 0.3) is 0 Å². The first-order chi connectivity index (χ1) is 8.72. The molecule has 2 amide bonds. The summed E-state index contributed by atoms with van der Waals surface area (Å²) < 4.78 is 0. The van der Waals surface area contributed by atoms with E-state index in [0.717, 1.165) is 18.4 Å². The SMILES string of the molecule is CCCCC(=O)NNC(=O)CCc1cccnc1. The summed E-state index contributed by atoms with van der Waals surface area (Å²) in [6.45, 7) is 2.01. The maximum atomic E-state index is 11.4. The van der Waals surface area contributed by atoms with Crippen molar-refractivity contribution in [3.63, 3.8) is 0 Å². The minimum absolute atomic E-state index is 0.147. The van der Waals surface area contributed by atoms with Gasteiger partial charge in [0.1, 0.15) is 0 Å². The van der Waals surface area contributed by atoms with Crippen LogP contribution in [-0.4, -0.2) is 16.8 Å². The average Bonchev–Trinajstić information content (AvgIpc) is 2.41. The Labute approximate surface area is 107 Å². The van der Waals surface area contributed by atoms with Crippen molar-refractivity contribution < 1.29 is 9.59 Å². The lowest BCUT2D eigenvalue weighted by Gasteiger charge is -2.06. The summed E-state index contributed by atoms with van der Waals surface area (Å²) in [5, 5.41) is 0. The van der Waals surface area contributed by atoms with Gasteiger partial charge in [0.15, 0.2) is 0 Å². The summed E-state index contributed by atoms with van der Waals surface area (Å²) in [5.41, 5.74) is 5.81. The molecule has 1 aromatic heterocycles. The molecule has 1 heterocycles. The second kappa shape index (κ2) is 8.22. The molecule has 0 saturated carbocycles. The predicted octanol–water partition coefficient (Wildman–Crippen LogP) is 1.35. The highest BCUT2D eigenvalue weighted by molar-refractivity contribution is 5.81. The third-order valence-electron chi connectivity index (χ3n) is 2.46. The minimum atomic E-state index is -0.191. The number of nitrogens with one attached hydrogen (secondary N) is 2. The highest BCUT2D eigenvalue weighted by Crippen LogP contribution is 1.99. The fraction of sp³-hybridized carbons (Fsp3) is 0.462. The van der Waals surface area contributed by atoms with E-state index in [2.05, 4.69) is 15.8 Å². The smallest absolute Gasteiger partial charge is 0.238 e. The molecule has 0 bridgehead atoms. The number of aryl methyl sites for hydroxylation is 1. The van der Waals surface area contributed by atoms with Gasteiger partial charge >= 0.3 is 0 Å². The van der Waals surface area contributed by atoms with Crippen LogP contribution in [0.2, 0.25) is 0 Å². The van der Waals surface area contributed by atoms with Crippen LogP contribution < -0.4 is 10.9 Å². The van der Waals surface area contributed by atoms with Crippen molar-refractivity contribution in [1.82, 2.24) is 15.8 Å². The lowest BCUT2D eigenvalue weighted by atomic mass is 10.1. The van der Waals surface area contributed by atoms with Crippen LogP contribution in [0.1, 0.15) is 38.2 Å². The quantitative estimate of drug-likeness (QED) is 0.748. The molecule has 0 fully saturated rings. The van der Waals surface area contributed by atoms with Crippen molar-refractivity contribution in [2.24, 2.45) is 0 Å². The molecule has 1 aromatic rings. The Hall–Kier alpha value is -1.91. The molecule has 0 radical (unpaired) electrons. The Morgan fingerprint density at radius 2 is 1.94 bits per heavy atom. The first-order valence-corrected chi connectivity index (χ1v) is 6.19. The summed E-state index contributed by atoms with van der Waals surface area (Å²) in [5.74, 6) is -0.338. The molecular formula is C13H19N3O2. The fourth-order valence-electron chi connectivity index (χ4n) is 1.41. The number of pyridine rings is 1. The Bertz CT molecular complexity index is 379. The molecule has 2 N–H and O–H groups in total. The topological polar surface area (TPSA) is 71.1 Å². The normalized spacial score (nSPS) is 9.83. The van der Waals surface area contributed by atoms with E-state index in [0.29, 0.717) is 19.3 Å². The molecule has 0 unspecified atom stereocenters. The lowest BCUT2D eigenvalue weighted by Crippen LogP contribution is -2.41. The van der Waals surface area contributed by atoms with Crippen LogP contribution in [-0.2, 0) is 16.0 Å². The first-order valence-electron chi connectivity index (χ1n) is 6.19. The largest absolute Gasteiger partial charge is 0.273 e. The molecule has 0 saturated heterocycles. The van der Waals surface area contributed by atoms with Crippen LogP contribution >= 0.6 is 0 Å². The highest BCUT2D eigenvalue weighted by Gasteiger charge is 2.04. The van der Waals surface area contributed by atoms with Crippen LogP contribution in [0.4, 0.5) is 0 Å². The molecule has 0 aliphatic rings. The number of hydrogen-bond acceptors (Lipinski definition) is 3. The molecule has 0 aliphatic heterocycles. The van der Waals surface area contributed by atoms with Gasteiger partial charge in [0, 0.05) is 25.2 Å². The molecule has 18 heavy (non-hydrogen) atoms. The number of carbonyl (C=O) groups is 2. The monoisotopic (exact) mass is 249 g/mol. The molecule has 0 spiro atoms. The predicted molar refractivity (Wildman–Crippen MR) is 68.4 cm³/mol. The molecular weight excluding hydrogens is 230 g/mol. The zero-order valence-electron chi connectivity index (χ0n) is 10.6. The van der Waals surface area contributed by atoms with Crippen LogP contribution in [0.3, 0.4) is 0 Å². The number of rotatable bonds is 6. The molecule has 0 aromatic carbocycles. The number of aromatic nitrogens is 1. The third kappa shape index (κ3) is 5.98. The second-order valence-corrected chi connectivity index (χ2v) is 4.06. The zero-order chi connectivity index (χ0) is 13.2. The van der Waals surface area contributed by atoms with Gasteiger partial charge in [-0.25, -0.2) is 0 Å². The van der Waals surface area contributed by atoms with E-state index >= 15 is 0 Å². The summed E-state index contributed by atoms with van der Waals surface area (Å²) in [6.07, 6.45) is 6.61. The van der Waals surface area contributed by atoms with Gasteiger partial charge < -0.3 is 0 Å². The molecule has 1 rings (SSSR count). The minimum Gasteiger partial charge on any atom is -0.273 e. The van der Waals surface area contributed by atoms with Gasteiger partial charge in [-0.15, -0.1) is 0 Å². The van der Waals surface area contributed by atoms with Crippen molar-refractivity contribution in [2.75, 3.05) is 0 Å². The maximum absolute atomic E-state index is 11.4. The third-order valence-corrected chi connectivity index (χ3v) is 2.46. The van der Waals surface area contributed by atoms with E-state index in [1.54, 1.807) is 12.4 Å². The van der Waals surface area contributed by atoms with Gasteiger partial charge in [-0.3, -0.25) is 25.4 Å². The van der Waals surface area contributed by atoms with Crippen molar-refractivity contribution in [1.29, 1.82) is 0 Å². The van der Waals surface area contributed by atoms with Crippen molar-refractivity contribution in [2.45, 2.75) is 39.0 Å². The van der Waals surface area contributed by atoms with Crippen molar-refractivity contribution >= 4 is 11.8 Å². The summed E-state index contributed by atoms with van der Waals surface area (Å²) >= 11 is 0. The standard InChI is InChI=1S/C13H19N3O2/c1-2-3-6-12(17)15-16-13(18)8-7-11-5-4-9-14-10-11/h4-5,9-10H,2-3,6-8H2,1H3,(H,15,17)(H,16,18). The molecule has 0 atom stereocenters. The zero-order valence-corrected chi connectivity index (χ0v) is 10.6. The number of nitrogens with zero attached hydrogens (tertiary/aromatic N) is 1. The number of unbranched alkanes of at least 4 members (excludes halogenated alkanes) is 1. The van der Waals surface area contributed by atoms with Crippen LogP contribution in [0.15, 0.2) is 24.5 Å². The lowest BCUT2D eigenvalue weighted by molar-refractivity contribution is -0.128. The number of carbonyl (C=O) groups excluding carboxylic acids is 2. The highest BCUT2D eigenvalue weighted by atomic mass is 16.2. The molecule has 5 nitrogen and oxygen atoms in total. The Kier molecular flexibility index (Phi) is 6.46. The van der Waals surface area contributed by atoms with Gasteiger partial charge in [-0.05, 0) is 24.5 Å². The van der Waals surface area contributed by atoms with Crippen molar-refractivity contribution in [3.05, 3.63) is 30.1 Å². The number of hydrogen-bond donors (Lipinski definition) is 2. The summed E-state index contributed by atoms with van der Waals surface area (Å²) in [4.78, 5) is 26.7. The van der Waals surface area contributed by atoms with Gasteiger partial charge in [-0.1, -0.05) is 19.4 Å². The Balaban J connectivity index is 2.16. The average molecular weight is 249 g/mol. The summed E-state index contributed by atoms with van der Waals surface area (Å²) in [6, 6.07) is 3.75. The van der Waals surface area contributed by atoms with Gasteiger partial charge in [0.2, 0.25) is 11.8 Å². The first kappa shape index (κ1) is 14.2. The Morgan fingerprint density at radius 3 is 2.56 bits per heavy atom. The van der Waals surface area contributed by atoms with Crippen molar-refractivity contribution in [3.8, 4) is 0 Å². The van der Waals surface area contributed by atoms with Crippen LogP contribution in [0, 0.1) is 0 Å². The van der Waals surface area contributed by atoms with Gasteiger partial charge in [0.25, 0.3) is 0 Å². The fourth-order valence-corrected chi connectivity index (χ4v) is 1.41.